The molecule has 0 radical (unpaired) electrons. The molecule has 1 aliphatic carbocycles. The van der Waals surface area contributed by atoms with Gasteiger partial charge in [0.15, 0.2) is 0 Å². The number of benzene rings is 1. The number of piperazine rings is 1. The first kappa shape index (κ1) is 15.5. The zero-order valence-electron chi connectivity index (χ0n) is 13.5. The molecule has 1 aromatic carbocycles. The predicted molar refractivity (Wildman–Crippen MR) is 85.2 cm³/mol. The highest BCUT2D eigenvalue weighted by atomic mass is 19.1. The summed E-state index contributed by atoms with van der Waals surface area (Å²) in [6, 6.07) is 6.47. The van der Waals surface area contributed by atoms with Gasteiger partial charge in [-0.3, -0.25) is 9.69 Å². The molecule has 3 nitrogen and oxygen atoms in total. The molecule has 0 bridgehead atoms. The van der Waals surface area contributed by atoms with Gasteiger partial charge in [-0.2, -0.15) is 0 Å². The summed E-state index contributed by atoms with van der Waals surface area (Å²) in [4.78, 5) is 17.4. The average molecular weight is 304 g/mol. The van der Waals surface area contributed by atoms with E-state index in [0.717, 1.165) is 51.1 Å². The second-order valence-corrected chi connectivity index (χ2v) is 7.08. The van der Waals surface area contributed by atoms with Crippen molar-refractivity contribution in [2.24, 2.45) is 5.92 Å². The van der Waals surface area contributed by atoms with Gasteiger partial charge in [-0.05, 0) is 36.5 Å². The molecule has 2 fully saturated rings. The number of halogens is 1. The van der Waals surface area contributed by atoms with Crippen LogP contribution in [0.3, 0.4) is 0 Å². The van der Waals surface area contributed by atoms with Crippen LogP contribution in [0.5, 0.6) is 0 Å². The maximum absolute atomic E-state index is 13.1. The SMILES string of the molecule is CC(C)CN1CCN(C(=O)C2(c3ccc(F)cc3)CC2)CC1. The molecule has 1 saturated heterocycles. The molecule has 0 unspecified atom stereocenters. The minimum atomic E-state index is -0.367. The molecule has 0 spiro atoms. The van der Waals surface area contributed by atoms with Crippen molar-refractivity contribution < 1.29 is 9.18 Å². The van der Waals surface area contributed by atoms with Crippen molar-refractivity contribution in [1.29, 1.82) is 0 Å². The van der Waals surface area contributed by atoms with Crippen LogP contribution in [0.1, 0.15) is 32.3 Å². The Hall–Kier alpha value is -1.42. The standard InChI is InChI=1S/C18H25FN2O/c1-14(2)13-20-9-11-21(12-10-20)17(22)18(7-8-18)15-3-5-16(19)6-4-15/h3-6,14H,7-13H2,1-2H3. The van der Waals surface area contributed by atoms with E-state index in [2.05, 4.69) is 18.7 Å². The van der Waals surface area contributed by atoms with Gasteiger partial charge in [-0.25, -0.2) is 4.39 Å². The zero-order valence-corrected chi connectivity index (χ0v) is 13.5. The lowest BCUT2D eigenvalue weighted by Crippen LogP contribution is -2.52. The lowest BCUT2D eigenvalue weighted by Gasteiger charge is -2.37. The van der Waals surface area contributed by atoms with Crippen LogP contribution in [0.2, 0.25) is 0 Å². The van der Waals surface area contributed by atoms with Crippen molar-refractivity contribution >= 4 is 5.91 Å². The van der Waals surface area contributed by atoms with Crippen LogP contribution >= 0.6 is 0 Å². The lowest BCUT2D eigenvalue weighted by molar-refractivity contribution is -0.135. The van der Waals surface area contributed by atoms with Crippen molar-refractivity contribution in [1.82, 2.24) is 9.80 Å². The first-order chi connectivity index (χ1) is 10.5. The molecule has 3 rings (SSSR count). The quantitative estimate of drug-likeness (QED) is 0.854. The number of carbonyl (C=O) groups is 1. The monoisotopic (exact) mass is 304 g/mol. The van der Waals surface area contributed by atoms with Crippen molar-refractivity contribution in [3.8, 4) is 0 Å². The van der Waals surface area contributed by atoms with Crippen molar-refractivity contribution in [3.63, 3.8) is 0 Å². The highest BCUT2D eigenvalue weighted by Crippen LogP contribution is 2.49. The van der Waals surface area contributed by atoms with Crippen LogP contribution in [0.25, 0.3) is 0 Å². The van der Waals surface area contributed by atoms with E-state index in [0.29, 0.717) is 5.92 Å². The van der Waals surface area contributed by atoms with Crippen LogP contribution in [-0.4, -0.2) is 48.4 Å². The number of carbonyl (C=O) groups excluding carboxylic acids is 1. The number of amides is 1. The van der Waals surface area contributed by atoms with Gasteiger partial charge < -0.3 is 4.90 Å². The van der Waals surface area contributed by atoms with Gasteiger partial charge in [-0.15, -0.1) is 0 Å². The number of nitrogens with zero attached hydrogens (tertiary/aromatic N) is 2. The molecule has 1 heterocycles. The highest BCUT2D eigenvalue weighted by molar-refractivity contribution is 5.91. The highest BCUT2D eigenvalue weighted by Gasteiger charge is 2.53. The van der Waals surface area contributed by atoms with Gasteiger partial charge >= 0.3 is 0 Å². The van der Waals surface area contributed by atoms with Crippen LogP contribution in [0.4, 0.5) is 4.39 Å². The molecule has 1 aliphatic heterocycles. The minimum absolute atomic E-state index is 0.239. The maximum atomic E-state index is 13.1. The first-order valence-corrected chi connectivity index (χ1v) is 8.29. The summed E-state index contributed by atoms with van der Waals surface area (Å²) in [6.07, 6.45) is 1.79. The van der Waals surface area contributed by atoms with Gasteiger partial charge in [0.05, 0.1) is 5.41 Å². The summed E-state index contributed by atoms with van der Waals surface area (Å²) in [6.45, 7) is 9.11. The van der Waals surface area contributed by atoms with E-state index < -0.39 is 0 Å². The average Bonchev–Trinajstić information content (AvgIpc) is 3.29. The molecule has 22 heavy (non-hydrogen) atoms. The van der Waals surface area contributed by atoms with E-state index >= 15 is 0 Å². The Bertz CT molecular complexity index is 529. The molecule has 0 atom stereocenters. The third-order valence-electron chi connectivity index (χ3n) is 4.84. The fraction of sp³-hybridized carbons (Fsp3) is 0.611. The molecular formula is C18H25FN2O. The van der Waals surface area contributed by atoms with Crippen molar-refractivity contribution in [2.75, 3.05) is 32.7 Å². The summed E-state index contributed by atoms with van der Waals surface area (Å²) in [5, 5.41) is 0. The van der Waals surface area contributed by atoms with E-state index in [9.17, 15) is 9.18 Å². The van der Waals surface area contributed by atoms with Gasteiger partial charge in [-0.1, -0.05) is 26.0 Å². The topological polar surface area (TPSA) is 23.6 Å². The summed E-state index contributed by atoms with van der Waals surface area (Å²) < 4.78 is 13.1. The van der Waals surface area contributed by atoms with E-state index in [1.807, 2.05) is 4.90 Å². The Morgan fingerprint density at radius 1 is 1.14 bits per heavy atom. The maximum Gasteiger partial charge on any atom is 0.233 e. The van der Waals surface area contributed by atoms with Crippen LogP contribution in [-0.2, 0) is 10.2 Å². The molecule has 1 amide bonds. The fourth-order valence-corrected chi connectivity index (χ4v) is 3.47. The molecule has 1 saturated carbocycles. The number of hydrogen-bond donors (Lipinski definition) is 0. The molecule has 2 aliphatic rings. The first-order valence-electron chi connectivity index (χ1n) is 8.29. The number of hydrogen-bond acceptors (Lipinski definition) is 2. The summed E-state index contributed by atoms with van der Waals surface area (Å²) in [7, 11) is 0. The van der Waals surface area contributed by atoms with Crippen molar-refractivity contribution in [3.05, 3.63) is 35.6 Å². The van der Waals surface area contributed by atoms with E-state index in [-0.39, 0.29) is 17.1 Å². The minimum Gasteiger partial charge on any atom is -0.339 e. The normalized spacial score (nSPS) is 21.2. The summed E-state index contributed by atoms with van der Waals surface area (Å²) in [5.74, 6) is 0.661. The van der Waals surface area contributed by atoms with E-state index in [1.54, 1.807) is 12.1 Å². The Kier molecular flexibility index (Phi) is 4.22. The third-order valence-corrected chi connectivity index (χ3v) is 4.84. The lowest BCUT2D eigenvalue weighted by atomic mass is 9.94. The van der Waals surface area contributed by atoms with Crippen LogP contribution in [0.15, 0.2) is 24.3 Å². The van der Waals surface area contributed by atoms with Gasteiger partial charge in [0.25, 0.3) is 0 Å². The smallest absolute Gasteiger partial charge is 0.233 e. The largest absolute Gasteiger partial charge is 0.339 e. The Morgan fingerprint density at radius 2 is 1.73 bits per heavy atom. The van der Waals surface area contributed by atoms with Gasteiger partial charge in [0.2, 0.25) is 5.91 Å². The van der Waals surface area contributed by atoms with Gasteiger partial charge in [0, 0.05) is 32.7 Å². The second-order valence-electron chi connectivity index (χ2n) is 7.08. The molecular weight excluding hydrogens is 279 g/mol. The Morgan fingerprint density at radius 3 is 2.23 bits per heavy atom. The zero-order chi connectivity index (χ0) is 15.7. The third kappa shape index (κ3) is 3.02. The second kappa shape index (κ2) is 5.99. The fourth-order valence-electron chi connectivity index (χ4n) is 3.47. The molecule has 120 valence electrons. The Balaban J connectivity index is 1.64. The van der Waals surface area contributed by atoms with Gasteiger partial charge in [0.1, 0.15) is 5.82 Å². The molecule has 0 N–H and O–H groups in total. The molecule has 0 aromatic heterocycles. The molecule has 1 aromatic rings. The summed E-state index contributed by atoms with van der Waals surface area (Å²) in [5.41, 5.74) is 0.608. The summed E-state index contributed by atoms with van der Waals surface area (Å²) >= 11 is 0. The van der Waals surface area contributed by atoms with Crippen molar-refractivity contribution in [2.45, 2.75) is 32.1 Å². The Labute approximate surface area is 132 Å². The predicted octanol–water partition coefficient (Wildman–Crippen LogP) is 2.66. The molecule has 4 heteroatoms. The number of rotatable bonds is 4. The van der Waals surface area contributed by atoms with E-state index in [1.165, 1.54) is 12.1 Å². The van der Waals surface area contributed by atoms with Crippen LogP contribution < -0.4 is 0 Å². The van der Waals surface area contributed by atoms with E-state index in [4.69, 9.17) is 0 Å². The van der Waals surface area contributed by atoms with Crippen LogP contribution in [0, 0.1) is 11.7 Å².